The molecule has 0 unspecified atom stereocenters. The summed E-state index contributed by atoms with van der Waals surface area (Å²) < 4.78 is 28.0. The first-order chi connectivity index (χ1) is 8.98. The van der Waals surface area contributed by atoms with Gasteiger partial charge in [-0.2, -0.15) is 4.57 Å². The van der Waals surface area contributed by atoms with E-state index < -0.39 is 7.82 Å². The van der Waals surface area contributed by atoms with Gasteiger partial charge < -0.3 is 13.6 Å². The van der Waals surface area contributed by atoms with Crippen molar-refractivity contribution in [1.29, 1.82) is 0 Å². The summed E-state index contributed by atoms with van der Waals surface area (Å²) >= 11 is 0. The topological polar surface area (TPSA) is 44.8 Å². The van der Waals surface area contributed by atoms with Crippen molar-refractivity contribution in [3.63, 3.8) is 0 Å². The summed E-state index contributed by atoms with van der Waals surface area (Å²) in [5.41, 5.74) is 1.46. The van der Waals surface area contributed by atoms with Crippen LogP contribution in [0.1, 0.15) is 20.8 Å². The normalized spacial score (nSPS) is 10.2. The molecular weight excluding hydrogens is 275 g/mol. The molecule has 0 aliphatic carbocycles. The first-order valence-electron chi connectivity index (χ1n) is 5.71. The molecule has 0 N–H and O–H groups in total. The van der Waals surface area contributed by atoms with E-state index in [2.05, 4.69) is 39.5 Å². The van der Waals surface area contributed by atoms with Crippen molar-refractivity contribution in [2.24, 2.45) is 0 Å². The van der Waals surface area contributed by atoms with E-state index in [0.717, 1.165) is 0 Å². The predicted octanol–water partition coefficient (Wildman–Crippen LogP) is 5.41. The molecular formula is C15H21O4P. The SMILES string of the molecule is C=C(C)C(=C)OP(=O)(OC(=C)C(=C)C)OC(=C)C(=C)C. The van der Waals surface area contributed by atoms with Gasteiger partial charge in [0.15, 0.2) is 0 Å². The van der Waals surface area contributed by atoms with Crippen molar-refractivity contribution >= 4 is 7.82 Å². The van der Waals surface area contributed by atoms with Gasteiger partial charge in [0, 0.05) is 0 Å². The molecule has 20 heavy (non-hydrogen) atoms. The second-order valence-corrected chi connectivity index (χ2v) is 5.77. The third-order valence-corrected chi connectivity index (χ3v) is 3.43. The lowest BCUT2D eigenvalue weighted by molar-refractivity contribution is 0.202. The Labute approximate surface area is 121 Å². The maximum Gasteiger partial charge on any atom is 0.647 e. The van der Waals surface area contributed by atoms with Crippen LogP contribution in [0.3, 0.4) is 0 Å². The summed E-state index contributed by atoms with van der Waals surface area (Å²) in [5, 5.41) is 0. The standard InChI is InChI=1S/C15H21O4P/c1-10(2)13(7)17-20(16,18-14(8)11(3)4)19-15(9)12(5)6/h1,3,5,7-9H2,2,4,6H3. The van der Waals surface area contributed by atoms with E-state index in [-0.39, 0.29) is 17.3 Å². The van der Waals surface area contributed by atoms with Crippen molar-refractivity contribution < 1.29 is 18.1 Å². The van der Waals surface area contributed by atoms with Crippen LogP contribution in [-0.2, 0) is 18.1 Å². The monoisotopic (exact) mass is 296 g/mol. The highest BCUT2D eigenvalue weighted by molar-refractivity contribution is 7.48. The van der Waals surface area contributed by atoms with Crippen LogP contribution in [0.4, 0.5) is 0 Å². The van der Waals surface area contributed by atoms with Gasteiger partial charge in [0.1, 0.15) is 17.3 Å². The molecule has 0 radical (unpaired) electrons. The van der Waals surface area contributed by atoms with Crippen LogP contribution in [-0.4, -0.2) is 0 Å². The summed E-state index contributed by atoms with van der Waals surface area (Å²) in [6.45, 7) is 26.6. The van der Waals surface area contributed by atoms with E-state index >= 15 is 0 Å². The summed E-state index contributed by atoms with van der Waals surface area (Å²) in [4.78, 5) is 0. The number of phosphoric ester groups is 1. The molecule has 0 fully saturated rings. The number of rotatable bonds is 9. The minimum Gasteiger partial charge on any atom is -0.386 e. The van der Waals surface area contributed by atoms with Crippen molar-refractivity contribution in [2.45, 2.75) is 20.8 Å². The van der Waals surface area contributed by atoms with Crippen LogP contribution in [0, 0.1) is 0 Å². The summed E-state index contributed by atoms with van der Waals surface area (Å²) in [5.74, 6) is 0.243. The molecule has 5 heteroatoms. The van der Waals surface area contributed by atoms with Crippen molar-refractivity contribution in [3.05, 3.63) is 73.5 Å². The van der Waals surface area contributed by atoms with E-state index in [0.29, 0.717) is 16.7 Å². The second kappa shape index (κ2) is 7.01. The van der Waals surface area contributed by atoms with Crippen molar-refractivity contribution in [2.75, 3.05) is 0 Å². The minimum atomic E-state index is -4.03. The van der Waals surface area contributed by atoms with Crippen LogP contribution in [0.2, 0.25) is 0 Å². The molecule has 0 bridgehead atoms. The molecule has 0 amide bonds. The summed E-state index contributed by atoms with van der Waals surface area (Å²) in [6, 6.07) is 0. The summed E-state index contributed by atoms with van der Waals surface area (Å²) in [6.07, 6.45) is 0. The van der Waals surface area contributed by atoms with E-state index in [9.17, 15) is 4.57 Å². The first kappa shape index (κ1) is 18.1. The number of allylic oxidation sites excluding steroid dienone is 3. The molecule has 0 aromatic carbocycles. The lowest BCUT2D eigenvalue weighted by atomic mass is 10.3. The lowest BCUT2D eigenvalue weighted by Gasteiger charge is -2.22. The molecule has 0 saturated heterocycles. The minimum absolute atomic E-state index is 0.0809. The van der Waals surface area contributed by atoms with E-state index in [1.165, 1.54) is 0 Å². The maximum atomic E-state index is 12.6. The smallest absolute Gasteiger partial charge is 0.386 e. The molecule has 4 nitrogen and oxygen atoms in total. The molecule has 0 aliphatic heterocycles. The highest BCUT2D eigenvalue weighted by Crippen LogP contribution is 2.56. The van der Waals surface area contributed by atoms with Crippen LogP contribution < -0.4 is 0 Å². The third kappa shape index (κ3) is 5.81. The van der Waals surface area contributed by atoms with Crippen LogP contribution in [0.15, 0.2) is 73.5 Å². The Morgan fingerprint density at radius 2 is 0.850 bits per heavy atom. The van der Waals surface area contributed by atoms with Gasteiger partial charge in [0.05, 0.1) is 0 Å². The zero-order chi connectivity index (χ0) is 16.1. The Bertz CT molecular complexity index is 464. The van der Waals surface area contributed by atoms with Gasteiger partial charge in [-0.1, -0.05) is 39.5 Å². The molecule has 0 aliphatic rings. The Kier molecular flexibility index (Phi) is 6.34. The molecule has 0 aromatic heterocycles. The number of hydrogen-bond acceptors (Lipinski definition) is 4. The predicted molar refractivity (Wildman–Crippen MR) is 82.7 cm³/mol. The quantitative estimate of drug-likeness (QED) is 0.324. The zero-order valence-corrected chi connectivity index (χ0v) is 13.2. The third-order valence-electron chi connectivity index (χ3n) is 2.09. The maximum absolute atomic E-state index is 12.6. The van der Waals surface area contributed by atoms with Gasteiger partial charge in [-0.25, -0.2) is 0 Å². The van der Waals surface area contributed by atoms with E-state index in [1.54, 1.807) is 20.8 Å². The van der Waals surface area contributed by atoms with Crippen molar-refractivity contribution in [3.8, 4) is 0 Å². The Hall–Kier alpha value is -1.93. The summed E-state index contributed by atoms with van der Waals surface area (Å²) in [7, 11) is -4.03. The van der Waals surface area contributed by atoms with Gasteiger partial charge in [0.2, 0.25) is 0 Å². The number of hydrogen-bond donors (Lipinski definition) is 0. The Morgan fingerprint density at radius 1 is 0.650 bits per heavy atom. The average molecular weight is 296 g/mol. The van der Waals surface area contributed by atoms with Crippen molar-refractivity contribution in [1.82, 2.24) is 0 Å². The van der Waals surface area contributed by atoms with E-state index in [1.807, 2.05) is 0 Å². The van der Waals surface area contributed by atoms with E-state index in [4.69, 9.17) is 13.6 Å². The first-order valence-corrected chi connectivity index (χ1v) is 7.17. The Morgan fingerprint density at radius 3 is 1.00 bits per heavy atom. The second-order valence-electron chi connectivity index (χ2n) is 4.33. The molecule has 110 valence electrons. The molecule has 0 heterocycles. The van der Waals surface area contributed by atoms with Gasteiger partial charge in [0.25, 0.3) is 0 Å². The van der Waals surface area contributed by atoms with Gasteiger partial charge in [-0.15, -0.1) is 0 Å². The highest BCUT2D eigenvalue weighted by atomic mass is 31.2. The number of phosphoric acid groups is 1. The average Bonchev–Trinajstić information content (AvgIpc) is 2.27. The molecule has 0 aromatic rings. The van der Waals surface area contributed by atoms with Gasteiger partial charge >= 0.3 is 7.82 Å². The molecule has 0 rings (SSSR count). The molecule has 0 atom stereocenters. The zero-order valence-electron chi connectivity index (χ0n) is 12.3. The largest absolute Gasteiger partial charge is 0.647 e. The van der Waals surface area contributed by atoms with Gasteiger partial charge in [-0.05, 0) is 37.5 Å². The fourth-order valence-electron chi connectivity index (χ4n) is 0.695. The lowest BCUT2D eigenvalue weighted by Crippen LogP contribution is -2.01. The van der Waals surface area contributed by atoms with Crippen LogP contribution in [0.25, 0.3) is 0 Å². The Balaban J connectivity index is 5.27. The molecule has 0 saturated carbocycles. The van der Waals surface area contributed by atoms with Crippen LogP contribution in [0.5, 0.6) is 0 Å². The van der Waals surface area contributed by atoms with Gasteiger partial charge in [-0.3, -0.25) is 0 Å². The fourth-order valence-corrected chi connectivity index (χ4v) is 2.08. The highest BCUT2D eigenvalue weighted by Gasteiger charge is 2.34. The van der Waals surface area contributed by atoms with Crippen LogP contribution >= 0.6 is 7.82 Å². The molecule has 0 spiro atoms. The fraction of sp³-hybridized carbons (Fsp3) is 0.200.